The Morgan fingerprint density at radius 1 is 0.410 bits per heavy atom. The Labute approximate surface area is 230 Å². The van der Waals surface area contributed by atoms with Crippen LogP contribution in [0.3, 0.4) is 0 Å². The molecule has 0 aliphatic carbocycles. The van der Waals surface area contributed by atoms with Crippen molar-refractivity contribution in [3.05, 3.63) is 0 Å². The summed E-state index contributed by atoms with van der Waals surface area (Å²) in [4.78, 5) is 2.08. The maximum Gasteiger partial charge on any atom is 0.298 e. The van der Waals surface area contributed by atoms with Crippen molar-refractivity contribution in [2.24, 2.45) is 0 Å². The molecule has 0 atom stereocenters. The second kappa shape index (κ2) is 16.7. The second-order valence-corrected chi connectivity index (χ2v) is 15.3. The average Bonchev–Trinajstić information content (AvgIpc) is 2.86. The maximum atomic E-state index is 11.3. The lowest BCUT2D eigenvalue weighted by Gasteiger charge is -2.27. The van der Waals surface area contributed by atoms with E-state index in [1.165, 1.54) is 0 Å². The molecule has 18 nitrogen and oxygen atoms in total. The third kappa shape index (κ3) is 14.7. The fourth-order valence-electron chi connectivity index (χ4n) is 3.98. The summed E-state index contributed by atoms with van der Waals surface area (Å²) >= 11 is 0. The molecule has 0 aromatic carbocycles. The molecular formula is C17H40N6O12S4. The first kappa shape index (κ1) is 36.4. The van der Waals surface area contributed by atoms with Crippen molar-refractivity contribution in [3.63, 3.8) is 0 Å². The number of hydrogen-bond acceptors (Lipinski definition) is 14. The number of nitrogens with one attached hydrogen (secondary N) is 4. The van der Waals surface area contributed by atoms with Gasteiger partial charge >= 0.3 is 0 Å². The fraction of sp³-hybridized carbons (Fsp3) is 1.00. The number of nitrogens with zero attached hydrogens (tertiary/aromatic N) is 2. The quantitative estimate of drug-likeness (QED) is 0.128. The van der Waals surface area contributed by atoms with Crippen LogP contribution < -0.4 is 21.3 Å². The topological polar surface area (TPSA) is 272 Å². The summed E-state index contributed by atoms with van der Waals surface area (Å²) in [7, 11) is -19.7. The molecule has 22 heteroatoms. The summed E-state index contributed by atoms with van der Waals surface area (Å²) in [5, 5.41) is 12.2. The lowest BCUT2D eigenvalue weighted by Crippen LogP contribution is -2.49. The minimum atomic E-state index is -4.94. The molecule has 0 aromatic heterocycles. The predicted octanol–water partition coefficient (Wildman–Crippen LogP) is -3.75. The standard InChI is InChI=1S/C10H23N3O6S2.C7H17N3O6S2/c14-20(15,16)10(21(17,18)19)13-8-2-6-11-4-1-5-12-7-3-9-13;11-17(12,13)7(18(14,15)16)10-5-3-8-1-2-9-4-6-10/h10-12H,1-9H2,(H,14,15,16)(H,17,18,19);7-9H,1-6H2,(H,11,12,13)(H,14,15,16). The molecule has 0 spiro atoms. The maximum absolute atomic E-state index is 11.3. The summed E-state index contributed by atoms with van der Waals surface area (Å²) < 4.78 is 121. The Morgan fingerprint density at radius 2 is 0.692 bits per heavy atom. The van der Waals surface area contributed by atoms with Crippen molar-refractivity contribution in [2.45, 2.75) is 28.7 Å². The van der Waals surface area contributed by atoms with Gasteiger partial charge in [-0.1, -0.05) is 0 Å². The first-order chi connectivity index (χ1) is 18.0. The van der Waals surface area contributed by atoms with E-state index in [1.54, 1.807) is 0 Å². The molecule has 2 aliphatic heterocycles. The zero-order valence-electron chi connectivity index (χ0n) is 21.3. The van der Waals surface area contributed by atoms with Crippen LogP contribution in [0, 0.1) is 0 Å². The Kier molecular flexibility index (Phi) is 15.6. The summed E-state index contributed by atoms with van der Waals surface area (Å²) in [5.74, 6) is 0. The molecule has 39 heavy (non-hydrogen) atoms. The Bertz CT molecular complexity index is 1060. The molecule has 0 bridgehead atoms. The molecule has 0 unspecified atom stereocenters. The second-order valence-electron chi connectivity index (χ2n) is 8.81. The van der Waals surface area contributed by atoms with E-state index in [1.807, 2.05) is 0 Å². The highest BCUT2D eigenvalue weighted by Gasteiger charge is 2.41. The van der Waals surface area contributed by atoms with E-state index < -0.39 is 49.9 Å². The van der Waals surface area contributed by atoms with Gasteiger partial charge in [0, 0.05) is 52.4 Å². The van der Waals surface area contributed by atoms with Gasteiger partial charge in [-0.3, -0.25) is 28.0 Å². The molecule has 0 radical (unpaired) electrons. The van der Waals surface area contributed by atoms with Crippen molar-refractivity contribution in [1.82, 2.24) is 31.1 Å². The van der Waals surface area contributed by atoms with Gasteiger partial charge in [0.15, 0.2) is 0 Å². The minimum Gasteiger partial charge on any atom is -0.317 e. The van der Waals surface area contributed by atoms with E-state index in [-0.39, 0.29) is 26.2 Å². The van der Waals surface area contributed by atoms with Crippen LogP contribution in [0.1, 0.15) is 19.3 Å². The van der Waals surface area contributed by atoms with Crippen molar-refractivity contribution >= 4 is 40.5 Å². The van der Waals surface area contributed by atoms with Gasteiger partial charge in [-0.25, -0.2) is 0 Å². The van der Waals surface area contributed by atoms with E-state index >= 15 is 0 Å². The lowest BCUT2D eigenvalue weighted by molar-refractivity contribution is 0.258. The third-order valence-corrected chi connectivity index (χ3v) is 11.7. The third-order valence-electron chi connectivity index (χ3n) is 5.55. The first-order valence-electron chi connectivity index (χ1n) is 12.1. The van der Waals surface area contributed by atoms with E-state index in [0.717, 1.165) is 29.3 Å². The molecular weight excluding hydrogens is 608 g/mol. The highest BCUT2D eigenvalue weighted by Crippen LogP contribution is 2.15. The van der Waals surface area contributed by atoms with Gasteiger partial charge in [0.2, 0.25) is 0 Å². The molecule has 2 heterocycles. The van der Waals surface area contributed by atoms with Crippen LogP contribution in [0.15, 0.2) is 0 Å². The van der Waals surface area contributed by atoms with Crippen molar-refractivity contribution < 1.29 is 51.9 Å². The van der Waals surface area contributed by atoms with Gasteiger partial charge < -0.3 is 21.3 Å². The molecule has 2 saturated heterocycles. The molecule has 0 aromatic rings. The molecule has 234 valence electrons. The molecule has 2 fully saturated rings. The zero-order valence-corrected chi connectivity index (χ0v) is 24.6. The highest BCUT2D eigenvalue weighted by atomic mass is 32.3. The SMILES string of the molecule is O=S(=O)(O)C(N1CCCNCCCNCCC1)S(=O)(=O)O.O=S(=O)(O)C(N1CCNCCNCC1)S(=O)(=O)O. The Balaban J connectivity index is 0.000000395. The monoisotopic (exact) mass is 648 g/mol. The molecule has 0 saturated carbocycles. The van der Waals surface area contributed by atoms with Crippen LogP contribution in [-0.2, 0) is 40.5 Å². The van der Waals surface area contributed by atoms with Crippen LogP contribution in [0.4, 0.5) is 0 Å². The summed E-state index contributed by atoms with van der Waals surface area (Å²) in [6.45, 7) is 5.27. The molecule has 2 rings (SSSR count). The smallest absolute Gasteiger partial charge is 0.298 e. The van der Waals surface area contributed by atoms with Gasteiger partial charge in [-0.2, -0.15) is 33.7 Å². The minimum absolute atomic E-state index is 0.0753. The highest BCUT2D eigenvalue weighted by molar-refractivity contribution is 8.04. The number of rotatable bonds is 6. The van der Waals surface area contributed by atoms with E-state index in [2.05, 4.69) is 21.3 Å². The Morgan fingerprint density at radius 3 is 1.03 bits per heavy atom. The predicted molar refractivity (Wildman–Crippen MR) is 142 cm³/mol. The average molecular weight is 649 g/mol. The van der Waals surface area contributed by atoms with E-state index in [9.17, 15) is 33.7 Å². The van der Waals surface area contributed by atoms with Gasteiger partial charge in [0.05, 0.1) is 0 Å². The van der Waals surface area contributed by atoms with Crippen LogP contribution in [0.2, 0.25) is 0 Å². The first-order valence-corrected chi connectivity index (χ1v) is 18.1. The summed E-state index contributed by atoms with van der Waals surface area (Å²) in [6, 6.07) is 0. The largest absolute Gasteiger partial charge is 0.317 e. The fourth-order valence-corrected chi connectivity index (χ4v) is 8.79. The van der Waals surface area contributed by atoms with E-state index in [0.29, 0.717) is 52.1 Å². The van der Waals surface area contributed by atoms with Gasteiger partial charge in [-0.15, -0.1) is 0 Å². The van der Waals surface area contributed by atoms with Crippen LogP contribution in [0.5, 0.6) is 0 Å². The summed E-state index contributed by atoms with van der Waals surface area (Å²) in [6.07, 6.45) is 1.99. The summed E-state index contributed by atoms with van der Waals surface area (Å²) in [5.41, 5.74) is 0. The number of hydrogen-bond donors (Lipinski definition) is 8. The van der Waals surface area contributed by atoms with E-state index in [4.69, 9.17) is 18.2 Å². The lowest BCUT2D eigenvalue weighted by atomic mass is 10.3. The molecule has 8 N–H and O–H groups in total. The van der Waals surface area contributed by atoms with Gasteiger partial charge in [-0.05, 0) is 45.4 Å². The Hall–Kier alpha value is -0.600. The van der Waals surface area contributed by atoms with Crippen molar-refractivity contribution in [1.29, 1.82) is 0 Å². The van der Waals surface area contributed by atoms with Gasteiger partial charge in [0.25, 0.3) is 49.9 Å². The molecule has 2 aliphatic rings. The van der Waals surface area contributed by atoms with Crippen LogP contribution in [0.25, 0.3) is 0 Å². The van der Waals surface area contributed by atoms with Crippen molar-refractivity contribution in [3.8, 4) is 0 Å². The van der Waals surface area contributed by atoms with Crippen LogP contribution in [-0.4, -0.2) is 150 Å². The van der Waals surface area contributed by atoms with Gasteiger partial charge in [0.1, 0.15) is 0 Å². The van der Waals surface area contributed by atoms with Crippen molar-refractivity contribution in [2.75, 3.05) is 78.5 Å². The van der Waals surface area contributed by atoms with Crippen LogP contribution >= 0.6 is 0 Å². The normalized spacial score (nSPS) is 21.5. The zero-order chi connectivity index (χ0) is 29.7. The molecule has 0 amide bonds.